The molecule has 1 amide bonds. The molecule has 1 aromatic carbocycles. The lowest BCUT2D eigenvalue weighted by Crippen LogP contribution is -2.08. The Bertz CT molecular complexity index is 361. The van der Waals surface area contributed by atoms with Gasteiger partial charge >= 0.3 is 0 Å². The Kier molecular flexibility index (Phi) is 3.83. The maximum Gasteiger partial charge on any atom is 0.221 e. The van der Waals surface area contributed by atoms with Crippen LogP contribution in [0.3, 0.4) is 0 Å². The number of halogens is 1. The second kappa shape index (κ2) is 4.91. The van der Waals surface area contributed by atoms with Crippen LogP contribution in [0.2, 0.25) is 0 Å². The van der Waals surface area contributed by atoms with E-state index in [0.29, 0.717) is 5.92 Å². The van der Waals surface area contributed by atoms with Crippen molar-refractivity contribution in [2.24, 2.45) is 5.92 Å². The number of carbonyl (C=O) groups excluding carboxylic acids is 1. The molecule has 0 aliphatic heterocycles. The van der Waals surface area contributed by atoms with Gasteiger partial charge in [-0.25, -0.2) is 4.39 Å². The van der Waals surface area contributed by atoms with E-state index in [1.54, 1.807) is 12.1 Å². The highest BCUT2D eigenvalue weighted by atomic mass is 19.1. The minimum Gasteiger partial charge on any atom is -0.324 e. The maximum atomic E-state index is 13.3. The quantitative estimate of drug-likeness (QED) is 0.814. The van der Waals surface area contributed by atoms with Crippen molar-refractivity contribution in [3.8, 4) is 0 Å². The first-order valence-corrected chi connectivity index (χ1v) is 5.05. The van der Waals surface area contributed by atoms with Crippen molar-refractivity contribution in [3.63, 3.8) is 0 Å². The minimum atomic E-state index is -0.391. The van der Waals surface area contributed by atoms with Gasteiger partial charge in [0.2, 0.25) is 5.91 Å². The summed E-state index contributed by atoms with van der Waals surface area (Å²) < 4.78 is 13.3. The highest BCUT2D eigenvalue weighted by molar-refractivity contribution is 5.88. The number of rotatable bonds is 3. The third kappa shape index (κ3) is 3.70. The van der Waals surface area contributed by atoms with Crippen molar-refractivity contribution < 1.29 is 9.18 Å². The molecule has 0 saturated heterocycles. The zero-order valence-corrected chi connectivity index (χ0v) is 9.30. The number of benzene rings is 1. The summed E-state index contributed by atoms with van der Waals surface area (Å²) in [5.74, 6) is -0.131. The topological polar surface area (TPSA) is 29.1 Å². The van der Waals surface area contributed by atoms with Crippen LogP contribution in [-0.4, -0.2) is 5.91 Å². The van der Waals surface area contributed by atoms with E-state index in [1.807, 2.05) is 0 Å². The van der Waals surface area contributed by atoms with Gasteiger partial charge in [0.25, 0.3) is 0 Å². The summed E-state index contributed by atoms with van der Waals surface area (Å²) in [7, 11) is 0. The first kappa shape index (κ1) is 11.7. The first-order valence-electron chi connectivity index (χ1n) is 5.05. The van der Waals surface area contributed by atoms with Crippen molar-refractivity contribution in [3.05, 3.63) is 29.6 Å². The molecule has 0 unspecified atom stereocenters. The summed E-state index contributed by atoms with van der Waals surface area (Å²) in [4.78, 5) is 10.8. The number of hydrogen-bond acceptors (Lipinski definition) is 1. The molecule has 0 atom stereocenters. The molecule has 0 heterocycles. The number of carbonyl (C=O) groups is 1. The van der Waals surface area contributed by atoms with Crippen molar-refractivity contribution in [2.45, 2.75) is 27.2 Å². The average molecular weight is 209 g/mol. The third-order valence-electron chi connectivity index (χ3n) is 1.99. The molecule has 2 nitrogen and oxygen atoms in total. The highest BCUT2D eigenvalue weighted by Crippen LogP contribution is 2.18. The largest absolute Gasteiger partial charge is 0.324 e. The molecule has 1 rings (SSSR count). The van der Waals surface area contributed by atoms with E-state index in [2.05, 4.69) is 19.2 Å². The van der Waals surface area contributed by atoms with Crippen LogP contribution in [0, 0.1) is 11.7 Å². The Hall–Kier alpha value is -1.38. The summed E-state index contributed by atoms with van der Waals surface area (Å²) >= 11 is 0. The first-order chi connectivity index (χ1) is 6.99. The van der Waals surface area contributed by atoms with Crippen LogP contribution in [0.5, 0.6) is 0 Å². The standard InChI is InChI=1S/C12H16FNO/c1-8(2)6-10-4-5-11(13)12(7-10)14-9(3)15/h4-5,7-8H,6H2,1-3H3,(H,14,15). The third-order valence-corrected chi connectivity index (χ3v) is 1.99. The molecular weight excluding hydrogens is 193 g/mol. The minimum absolute atomic E-state index is 0.254. The maximum absolute atomic E-state index is 13.3. The molecule has 0 spiro atoms. The Balaban J connectivity index is 2.89. The van der Waals surface area contributed by atoms with Gasteiger partial charge in [-0.1, -0.05) is 19.9 Å². The van der Waals surface area contributed by atoms with E-state index in [1.165, 1.54) is 13.0 Å². The van der Waals surface area contributed by atoms with E-state index in [-0.39, 0.29) is 11.6 Å². The van der Waals surface area contributed by atoms with Gasteiger partial charge in [0, 0.05) is 6.92 Å². The number of amides is 1. The molecule has 82 valence electrons. The van der Waals surface area contributed by atoms with E-state index in [0.717, 1.165) is 12.0 Å². The summed E-state index contributed by atoms with van der Waals surface area (Å²) in [6.45, 7) is 5.57. The number of hydrogen-bond donors (Lipinski definition) is 1. The smallest absolute Gasteiger partial charge is 0.221 e. The molecule has 1 N–H and O–H groups in total. The van der Waals surface area contributed by atoms with Crippen molar-refractivity contribution in [1.29, 1.82) is 0 Å². The van der Waals surface area contributed by atoms with Gasteiger partial charge in [-0.3, -0.25) is 4.79 Å². The zero-order valence-electron chi connectivity index (χ0n) is 9.30. The lowest BCUT2D eigenvalue weighted by molar-refractivity contribution is -0.114. The van der Waals surface area contributed by atoms with E-state index >= 15 is 0 Å². The fraction of sp³-hybridized carbons (Fsp3) is 0.417. The Labute approximate surface area is 89.5 Å². The van der Waals surface area contributed by atoms with Gasteiger partial charge < -0.3 is 5.32 Å². The molecule has 0 aliphatic carbocycles. The molecule has 3 heteroatoms. The SMILES string of the molecule is CC(=O)Nc1cc(CC(C)C)ccc1F. The van der Waals surface area contributed by atoms with Crippen LogP contribution < -0.4 is 5.32 Å². The lowest BCUT2D eigenvalue weighted by atomic mass is 10.0. The molecule has 0 aromatic heterocycles. The summed E-state index contributed by atoms with van der Waals surface area (Å²) in [6.07, 6.45) is 0.882. The predicted octanol–water partition coefficient (Wildman–Crippen LogP) is 2.98. The lowest BCUT2D eigenvalue weighted by Gasteiger charge is -2.08. The van der Waals surface area contributed by atoms with E-state index in [9.17, 15) is 9.18 Å². The molecule has 0 radical (unpaired) electrons. The van der Waals surface area contributed by atoms with Gasteiger partial charge in [-0.15, -0.1) is 0 Å². The van der Waals surface area contributed by atoms with Gasteiger partial charge in [-0.05, 0) is 30.0 Å². The average Bonchev–Trinajstić information content (AvgIpc) is 2.09. The predicted molar refractivity (Wildman–Crippen MR) is 59.2 cm³/mol. The molecule has 0 saturated carbocycles. The molecule has 1 aromatic rings. The summed E-state index contributed by atoms with van der Waals surface area (Å²) in [5.41, 5.74) is 1.30. The van der Waals surface area contributed by atoms with E-state index < -0.39 is 5.82 Å². The Morgan fingerprint density at radius 2 is 2.13 bits per heavy atom. The number of nitrogens with one attached hydrogen (secondary N) is 1. The van der Waals surface area contributed by atoms with Gasteiger partial charge in [-0.2, -0.15) is 0 Å². The van der Waals surface area contributed by atoms with Crippen LogP contribution >= 0.6 is 0 Å². The fourth-order valence-electron chi connectivity index (χ4n) is 1.46. The van der Waals surface area contributed by atoms with Crippen molar-refractivity contribution in [1.82, 2.24) is 0 Å². The Morgan fingerprint density at radius 3 is 2.67 bits per heavy atom. The highest BCUT2D eigenvalue weighted by Gasteiger charge is 2.06. The summed E-state index contributed by atoms with van der Waals surface area (Å²) in [5, 5.41) is 2.47. The Morgan fingerprint density at radius 1 is 1.47 bits per heavy atom. The van der Waals surface area contributed by atoms with Crippen LogP contribution in [0.1, 0.15) is 26.3 Å². The number of anilines is 1. The summed E-state index contributed by atoms with van der Waals surface area (Å²) in [6, 6.07) is 4.83. The second-order valence-electron chi connectivity index (χ2n) is 4.09. The van der Waals surface area contributed by atoms with Crippen LogP contribution in [0.25, 0.3) is 0 Å². The second-order valence-corrected chi connectivity index (χ2v) is 4.09. The molecule has 0 bridgehead atoms. The monoisotopic (exact) mass is 209 g/mol. The van der Waals surface area contributed by atoms with Crippen molar-refractivity contribution >= 4 is 11.6 Å². The van der Waals surface area contributed by atoms with Crippen LogP contribution in [0.4, 0.5) is 10.1 Å². The normalized spacial score (nSPS) is 10.5. The molecular formula is C12H16FNO. The van der Waals surface area contributed by atoms with E-state index in [4.69, 9.17) is 0 Å². The van der Waals surface area contributed by atoms with Crippen LogP contribution in [-0.2, 0) is 11.2 Å². The van der Waals surface area contributed by atoms with Gasteiger partial charge in [0.15, 0.2) is 0 Å². The van der Waals surface area contributed by atoms with Crippen molar-refractivity contribution in [2.75, 3.05) is 5.32 Å². The van der Waals surface area contributed by atoms with Crippen LogP contribution in [0.15, 0.2) is 18.2 Å². The zero-order chi connectivity index (χ0) is 11.4. The molecule has 15 heavy (non-hydrogen) atoms. The fourth-order valence-corrected chi connectivity index (χ4v) is 1.46. The van der Waals surface area contributed by atoms with Gasteiger partial charge in [0.1, 0.15) is 5.82 Å². The molecule has 0 aliphatic rings. The van der Waals surface area contributed by atoms with Gasteiger partial charge in [0.05, 0.1) is 5.69 Å². The molecule has 0 fully saturated rings.